The van der Waals surface area contributed by atoms with Gasteiger partial charge in [-0.1, -0.05) is 6.07 Å². The predicted octanol–water partition coefficient (Wildman–Crippen LogP) is 0.633. The summed E-state index contributed by atoms with van der Waals surface area (Å²) in [6.07, 6.45) is 0.470. The number of β-amino-alcohol motifs (C(OH)–C–C–N with tert-alkyl or cyclic N) is 1. The molecule has 0 aromatic heterocycles. The molecule has 1 saturated heterocycles. The Balaban J connectivity index is 1.87. The average molecular weight is 248 g/mol. The molecule has 3 rings (SSSR count). The highest BCUT2D eigenvalue weighted by Crippen LogP contribution is 2.34. The first-order chi connectivity index (χ1) is 8.65. The number of anilines is 2. The van der Waals surface area contributed by atoms with Crippen molar-refractivity contribution in [2.24, 2.45) is 0 Å². The van der Waals surface area contributed by atoms with Crippen molar-refractivity contribution >= 4 is 17.3 Å². The lowest BCUT2D eigenvalue weighted by Crippen LogP contribution is -2.38. The Labute approximate surface area is 105 Å². The smallest absolute Gasteiger partial charge is 0.257 e. The number of benzene rings is 1. The molecule has 0 aliphatic carbocycles. The molecule has 2 aliphatic heterocycles. The third-order valence-corrected chi connectivity index (χ3v) is 3.60. The van der Waals surface area contributed by atoms with Crippen molar-refractivity contribution in [1.82, 2.24) is 0 Å². The first-order valence-corrected chi connectivity index (χ1v) is 6.21. The van der Waals surface area contributed by atoms with Crippen LogP contribution in [0, 0.1) is 0 Å². The Morgan fingerprint density at radius 3 is 2.94 bits per heavy atom. The third-order valence-electron chi connectivity index (χ3n) is 3.60. The lowest BCUT2D eigenvalue weighted by molar-refractivity contribution is -0.123. The van der Waals surface area contributed by atoms with E-state index in [0.29, 0.717) is 17.8 Å². The third kappa shape index (κ3) is 1.85. The molecular weight excluding hydrogens is 232 g/mol. The number of piperidine rings is 1. The van der Waals surface area contributed by atoms with Crippen molar-refractivity contribution < 1.29 is 15.0 Å². The quantitative estimate of drug-likeness (QED) is 0.681. The Bertz CT molecular complexity index is 489. The van der Waals surface area contributed by atoms with E-state index in [-0.39, 0.29) is 12.0 Å². The summed E-state index contributed by atoms with van der Waals surface area (Å²) in [6, 6.07) is 5.52. The number of carbonyl (C=O) groups is 1. The molecule has 1 fully saturated rings. The zero-order valence-electron chi connectivity index (χ0n) is 9.97. The van der Waals surface area contributed by atoms with Crippen LogP contribution in [0.5, 0.6) is 0 Å². The summed E-state index contributed by atoms with van der Waals surface area (Å²) < 4.78 is 0. The monoisotopic (exact) mass is 248 g/mol. The van der Waals surface area contributed by atoms with E-state index in [2.05, 4.69) is 10.2 Å². The summed E-state index contributed by atoms with van der Waals surface area (Å²) in [5.74, 6) is -0.374. The normalized spacial score (nSPS) is 27.0. The predicted molar refractivity (Wildman–Crippen MR) is 67.5 cm³/mol. The highest BCUT2D eigenvalue weighted by Gasteiger charge is 2.29. The molecule has 2 heterocycles. The van der Waals surface area contributed by atoms with Crippen LogP contribution in [0.2, 0.25) is 0 Å². The number of amides is 1. The fraction of sp³-hybridized carbons (Fsp3) is 0.462. The minimum Gasteiger partial charge on any atom is -0.391 e. The number of hydrogen-bond acceptors (Lipinski definition) is 4. The van der Waals surface area contributed by atoms with E-state index in [1.54, 1.807) is 6.07 Å². The average Bonchev–Trinajstić information content (AvgIpc) is 2.65. The van der Waals surface area contributed by atoms with Gasteiger partial charge in [0, 0.05) is 30.0 Å². The molecular formula is C13H16N2O3. The van der Waals surface area contributed by atoms with E-state index < -0.39 is 6.10 Å². The highest BCUT2D eigenvalue weighted by molar-refractivity contribution is 6.02. The van der Waals surface area contributed by atoms with E-state index in [4.69, 9.17) is 0 Å². The second kappa shape index (κ2) is 4.26. The molecule has 5 nitrogen and oxygen atoms in total. The molecule has 0 saturated carbocycles. The van der Waals surface area contributed by atoms with Crippen LogP contribution in [0.25, 0.3) is 0 Å². The number of carbonyl (C=O) groups excluding carboxylic acids is 1. The van der Waals surface area contributed by atoms with Gasteiger partial charge in [0.15, 0.2) is 6.10 Å². The Morgan fingerprint density at radius 1 is 1.33 bits per heavy atom. The number of rotatable bonds is 1. The van der Waals surface area contributed by atoms with Crippen molar-refractivity contribution in [1.29, 1.82) is 0 Å². The minimum absolute atomic E-state index is 0.285. The lowest BCUT2D eigenvalue weighted by Gasteiger charge is -2.32. The molecule has 0 radical (unpaired) electrons. The van der Waals surface area contributed by atoms with Crippen LogP contribution in [0.4, 0.5) is 11.4 Å². The van der Waals surface area contributed by atoms with Gasteiger partial charge in [-0.3, -0.25) is 4.79 Å². The number of fused-ring (bicyclic) bond motifs is 1. The first kappa shape index (κ1) is 11.5. The zero-order valence-corrected chi connectivity index (χ0v) is 9.97. The Kier molecular flexibility index (Phi) is 2.72. The van der Waals surface area contributed by atoms with Crippen LogP contribution in [0.1, 0.15) is 24.5 Å². The van der Waals surface area contributed by atoms with E-state index in [0.717, 1.165) is 25.1 Å². The molecule has 18 heavy (non-hydrogen) atoms. The van der Waals surface area contributed by atoms with E-state index in [9.17, 15) is 15.0 Å². The highest BCUT2D eigenvalue weighted by atomic mass is 16.3. The number of nitrogens with one attached hydrogen (secondary N) is 1. The van der Waals surface area contributed by atoms with E-state index in [1.165, 1.54) is 0 Å². The molecule has 2 unspecified atom stereocenters. The van der Waals surface area contributed by atoms with Gasteiger partial charge in [-0.15, -0.1) is 0 Å². The molecule has 2 atom stereocenters. The van der Waals surface area contributed by atoms with Crippen molar-refractivity contribution in [3.63, 3.8) is 0 Å². The van der Waals surface area contributed by atoms with E-state index in [1.807, 2.05) is 12.1 Å². The fourth-order valence-electron chi connectivity index (χ4n) is 2.62. The lowest BCUT2D eigenvalue weighted by atomic mass is 10.1. The van der Waals surface area contributed by atoms with Gasteiger partial charge in [0.25, 0.3) is 5.91 Å². The van der Waals surface area contributed by atoms with Crippen LogP contribution in [0.3, 0.4) is 0 Å². The molecule has 0 bridgehead atoms. The maximum atomic E-state index is 11.4. The van der Waals surface area contributed by atoms with Crippen molar-refractivity contribution in [3.05, 3.63) is 23.8 Å². The van der Waals surface area contributed by atoms with Crippen LogP contribution in [0.15, 0.2) is 18.2 Å². The molecule has 96 valence electrons. The Morgan fingerprint density at radius 2 is 2.17 bits per heavy atom. The van der Waals surface area contributed by atoms with Gasteiger partial charge < -0.3 is 20.4 Å². The van der Waals surface area contributed by atoms with Crippen LogP contribution in [-0.4, -0.2) is 35.3 Å². The molecule has 2 aliphatic rings. The van der Waals surface area contributed by atoms with Crippen LogP contribution in [-0.2, 0) is 4.79 Å². The van der Waals surface area contributed by atoms with Gasteiger partial charge in [0.2, 0.25) is 0 Å². The summed E-state index contributed by atoms with van der Waals surface area (Å²) in [7, 11) is 0. The van der Waals surface area contributed by atoms with Crippen LogP contribution >= 0.6 is 0 Å². The minimum atomic E-state index is -1.05. The number of aliphatic hydroxyl groups is 2. The SMILES string of the molecule is O=C1Nc2cc(N3CCCC(O)C3)ccc2C1O. The van der Waals surface area contributed by atoms with Crippen molar-refractivity contribution in [3.8, 4) is 0 Å². The summed E-state index contributed by atoms with van der Waals surface area (Å²) in [5, 5.41) is 22.0. The Hall–Kier alpha value is -1.59. The molecule has 1 amide bonds. The van der Waals surface area contributed by atoms with Gasteiger partial charge in [-0.05, 0) is 25.0 Å². The molecule has 1 aromatic carbocycles. The fourth-order valence-corrected chi connectivity index (χ4v) is 2.62. The first-order valence-electron chi connectivity index (χ1n) is 6.21. The van der Waals surface area contributed by atoms with Crippen LogP contribution < -0.4 is 10.2 Å². The summed E-state index contributed by atoms with van der Waals surface area (Å²) in [4.78, 5) is 13.5. The summed E-state index contributed by atoms with van der Waals surface area (Å²) in [5.41, 5.74) is 2.27. The maximum Gasteiger partial charge on any atom is 0.257 e. The molecule has 3 N–H and O–H groups in total. The molecule has 1 aromatic rings. The second-order valence-corrected chi connectivity index (χ2v) is 4.91. The van der Waals surface area contributed by atoms with Crippen molar-refractivity contribution in [2.75, 3.05) is 23.3 Å². The molecule has 5 heteroatoms. The van der Waals surface area contributed by atoms with Gasteiger partial charge in [-0.25, -0.2) is 0 Å². The standard InChI is InChI=1S/C13H16N2O3/c16-9-2-1-5-15(7-9)8-3-4-10-11(6-8)14-13(18)12(10)17/h3-4,6,9,12,16-17H,1-2,5,7H2,(H,14,18). The maximum absolute atomic E-state index is 11.4. The summed E-state index contributed by atoms with van der Waals surface area (Å²) >= 11 is 0. The van der Waals surface area contributed by atoms with Gasteiger partial charge in [0.05, 0.1) is 6.10 Å². The van der Waals surface area contributed by atoms with Gasteiger partial charge >= 0.3 is 0 Å². The second-order valence-electron chi connectivity index (χ2n) is 4.91. The zero-order chi connectivity index (χ0) is 12.7. The number of nitrogens with zero attached hydrogens (tertiary/aromatic N) is 1. The largest absolute Gasteiger partial charge is 0.391 e. The summed E-state index contributed by atoms with van der Waals surface area (Å²) in [6.45, 7) is 1.53. The topological polar surface area (TPSA) is 72.8 Å². The van der Waals surface area contributed by atoms with Gasteiger partial charge in [0.1, 0.15) is 0 Å². The van der Waals surface area contributed by atoms with E-state index >= 15 is 0 Å². The molecule has 0 spiro atoms. The van der Waals surface area contributed by atoms with Gasteiger partial charge in [-0.2, -0.15) is 0 Å². The number of aliphatic hydroxyl groups excluding tert-OH is 2. The number of hydrogen-bond donors (Lipinski definition) is 3. The van der Waals surface area contributed by atoms with Crippen molar-refractivity contribution in [2.45, 2.75) is 25.0 Å².